The first-order valence-corrected chi connectivity index (χ1v) is 11.9. The van der Waals surface area contributed by atoms with Crippen LogP contribution in [0.4, 0.5) is 0 Å². The molecule has 2 aliphatic rings. The van der Waals surface area contributed by atoms with Gasteiger partial charge >= 0.3 is 0 Å². The maximum absolute atomic E-state index is 12.7. The van der Waals surface area contributed by atoms with Gasteiger partial charge in [-0.25, -0.2) is 5.01 Å². The average molecular weight is 468 g/mol. The van der Waals surface area contributed by atoms with E-state index in [1.165, 1.54) is 11.8 Å². The molecule has 5 rings (SSSR count). The Morgan fingerprint density at radius 3 is 2.66 bits per heavy atom. The molecule has 0 spiro atoms. The Kier molecular flexibility index (Phi) is 6.14. The van der Waals surface area contributed by atoms with Gasteiger partial charge in [0.05, 0.1) is 23.0 Å². The second kappa shape index (κ2) is 9.34. The monoisotopic (exact) mass is 467 g/mol. The SMILES string of the molecule is O=C(CSc1nnc(COc2ccccc2Cl)n1C1CC1)N1CCC(c2ccccc2)=N1. The summed E-state index contributed by atoms with van der Waals surface area (Å²) in [6.45, 7) is 0.883. The molecule has 1 aliphatic heterocycles. The standard InChI is InChI=1S/C23H22ClN5O2S/c24-18-8-4-5-9-20(18)31-14-21-25-26-23(29(21)17-10-11-17)32-15-22(30)28-13-12-19(27-28)16-6-2-1-3-7-16/h1-9,17H,10-15H2. The van der Waals surface area contributed by atoms with Crippen LogP contribution in [0.1, 0.15) is 36.7 Å². The van der Waals surface area contributed by atoms with Crippen molar-refractivity contribution in [3.8, 4) is 5.75 Å². The van der Waals surface area contributed by atoms with E-state index in [2.05, 4.69) is 19.9 Å². The number of para-hydroxylation sites is 1. The molecule has 7 nitrogen and oxygen atoms in total. The molecule has 164 valence electrons. The predicted molar refractivity (Wildman–Crippen MR) is 124 cm³/mol. The van der Waals surface area contributed by atoms with Crippen LogP contribution >= 0.6 is 23.4 Å². The Morgan fingerprint density at radius 1 is 1.09 bits per heavy atom. The molecule has 0 radical (unpaired) electrons. The van der Waals surface area contributed by atoms with E-state index in [0.29, 0.717) is 23.4 Å². The van der Waals surface area contributed by atoms with Gasteiger partial charge < -0.3 is 4.74 Å². The van der Waals surface area contributed by atoms with Gasteiger partial charge in [-0.2, -0.15) is 5.10 Å². The highest BCUT2D eigenvalue weighted by molar-refractivity contribution is 7.99. The van der Waals surface area contributed by atoms with Crippen LogP contribution < -0.4 is 4.74 Å². The van der Waals surface area contributed by atoms with E-state index >= 15 is 0 Å². The van der Waals surface area contributed by atoms with Crippen LogP contribution in [-0.4, -0.2) is 43.7 Å². The summed E-state index contributed by atoms with van der Waals surface area (Å²) < 4.78 is 7.95. The molecule has 2 heterocycles. The fourth-order valence-electron chi connectivity index (χ4n) is 3.58. The van der Waals surface area contributed by atoms with E-state index in [4.69, 9.17) is 16.3 Å². The molecule has 32 heavy (non-hydrogen) atoms. The molecule has 1 aliphatic carbocycles. The number of benzene rings is 2. The van der Waals surface area contributed by atoms with Crippen LogP contribution in [0.2, 0.25) is 5.02 Å². The Labute approximate surface area is 195 Å². The Hall–Kier alpha value is -2.84. The number of hydrogen-bond donors (Lipinski definition) is 0. The molecule has 0 bridgehead atoms. The largest absolute Gasteiger partial charge is 0.484 e. The van der Waals surface area contributed by atoms with E-state index in [1.54, 1.807) is 11.1 Å². The first kappa shape index (κ1) is 21.0. The molecule has 0 N–H and O–H groups in total. The molecule has 0 saturated heterocycles. The molecule has 2 aromatic carbocycles. The summed E-state index contributed by atoms with van der Waals surface area (Å²) in [5, 5.41) is 16.0. The third-order valence-electron chi connectivity index (χ3n) is 5.36. The van der Waals surface area contributed by atoms with Gasteiger partial charge in [0.2, 0.25) is 0 Å². The number of rotatable bonds is 8. The van der Waals surface area contributed by atoms with Crippen molar-refractivity contribution < 1.29 is 9.53 Å². The number of nitrogens with zero attached hydrogens (tertiary/aromatic N) is 5. The van der Waals surface area contributed by atoms with Crippen molar-refractivity contribution in [3.63, 3.8) is 0 Å². The van der Waals surface area contributed by atoms with E-state index in [9.17, 15) is 4.79 Å². The highest BCUT2D eigenvalue weighted by atomic mass is 35.5. The van der Waals surface area contributed by atoms with E-state index in [1.807, 2.05) is 48.5 Å². The van der Waals surface area contributed by atoms with Crippen molar-refractivity contribution in [1.29, 1.82) is 0 Å². The second-order valence-electron chi connectivity index (χ2n) is 7.69. The molecule has 1 aromatic heterocycles. The highest BCUT2D eigenvalue weighted by Crippen LogP contribution is 2.39. The van der Waals surface area contributed by atoms with Crippen molar-refractivity contribution in [2.24, 2.45) is 5.10 Å². The number of thioether (sulfide) groups is 1. The predicted octanol–water partition coefficient (Wildman–Crippen LogP) is 4.57. The third kappa shape index (κ3) is 4.66. The number of ether oxygens (including phenoxy) is 1. The van der Waals surface area contributed by atoms with Crippen LogP contribution in [0.3, 0.4) is 0 Å². The van der Waals surface area contributed by atoms with Crippen molar-refractivity contribution in [1.82, 2.24) is 19.8 Å². The number of hydrazone groups is 1. The van der Waals surface area contributed by atoms with E-state index in [0.717, 1.165) is 41.5 Å². The second-order valence-corrected chi connectivity index (χ2v) is 9.04. The van der Waals surface area contributed by atoms with Gasteiger partial charge in [0, 0.05) is 12.5 Å². The highest BCUT2D eigenvalue weighted by Gasteiger charge is 2.30. The van der Waals surface area contributed by atoms with Gasteiger partial charge in [0.15, 0.2) is 11.0 Å². The summed E-state index contributed by atoms with van der Waals surface area (Å²) in [7, 11) is 0. The number of aromatic nitrogens is 3. The first-order valence-electron chi connectivity index (χ1n) is 10.6. The number of halogens is 1. The van der Waals surface area contributed by atoms with Gasteiger partial charge in [0.1, 0.15) is 12.4 Å². The molecular weight excluding hydrogens is 446 g/mol. The fraction of sp³-hybridized carbons (Fsp3) is 0.304. The Bertz CT molecular complexity index is 1150. The molecule has 3 aromatic rings. The lowest BCUT2D eigenvalue weighted by Gasteiger charge is -2.12. The lowest BCUT2D eigenvalue weighted by Crippen LogP contribution is -2.25. The van der Waals surface area contributed by atoms with E-state index in [-0.39, 0.29) is 18.3 Å². The van der Waals surface area contributed by atoms with Crippen molar-refractivity contribution in [3.05, 3.63) is 71.0 Å². The molecule has 1 saturated carbocycles. The minimum absolute atomic E-state index is 0.0276. The van der Waals surface area contributed by atoms with Crippen LogP contribution in [0.15, 0.2) is 64.9 Å². The summed E-state index contributed by atoms with van der Waals surface area (Å²) in [5.41, 5.74) is 2.01. The van der Waals surface area contributed by atoms with Crippen molar-refractivity contribution in [2.75, 3.05) is 12.3 Å². The van der Waals surface area contributed by atoms with Crippen molar-refractivity contribution in [2.45, 2.75) is 37.1 Å². The topological polar surface area (TPSA) is 72.6 Å². The molecular formula is C23H22ClN5O2S. The average Bonchev–Trinajstić information content (AvgIpc) is 3.38. The lowest BCUT2D eigenvalue weighted by molar-refractivity contribution is -0.127. The summed E-state index contributed by atoms with van der Waals surface area (Å²) >= 11 is 7.58. The van der Waals surface area contributed by atoms with Gasteiger partial charge in [-0.05, 0) is 30.5 Å². The zero-order valence-corrected chi connectivity index (χ0v) is 18.9. The minimum Gasteiger partial charge on any atom is -0.484 e. The van der Waals surface area contributed by atoms with Gasteiger partial charge in [-0.1, -0.05) is 65.8 Å². The Morgan fingerprint density at radius 2 is 1.88 bits per heavy atom. The molecule has 1 amide bonds. The van der Waals surface area contributed by atoms with Crippen LogP contribution in [0, 0.1) is 0 Å². The number of carbonyl (C=O) groups is 1. The summed E-state index contributed by atoms with van der Waals surface area (Å²) in [5.74, 6) is 1.60. The summed E-state index contributed by atoms with van der Waals surface area (Å²) in [4.78, 5) is 12.7. The van der Waals surface area contributed by atoms with Crippen LogP contribution in [-0.2, 0) is 11.4 Å². The number of carbonyl (C=O) groups excluding carboxylic acids is 1. The van der Waals surface area contributed by atoms with Crippen LogP contribution in [0.5, 0.6) is 5.75 Å². The summed E-state index contributed by atoms with van der Waals surface area (Å²) in [6.07, 6.45) is 2.92. The minimum atomic E-state index is -0.0276. The first-order chi connectivity index (χ1) is 15.7. The maximum atomic E-state index is 12.7. The molecule has 0 unspecified atom stereocenters. The molecule has 1 fully saturated rings. The van der Waals surface area contributed by atoms with Gasteiger partial charge in [-0.15, -0.1) is 10.2 Å². The van der Waals surface area contributed by atoms with Crippen molar-refractivity contribution >= 4 is 35.0 Å². The fourth-order valence-corrected chi connectivity index (χ4v) is 4.66. The van der Waals surface area contributed by atoms with Crippen LogP contribution in [0.25, 0.3) is 0 Å². The third-order valence-corrected chi connectivity index (χ3v) is 6.60. The molecule has 0 atom stereocenters. The molecule has 9 heteroatoms. The maximum Gasteiger partial charge on any atom is 0.253 e. The Balaban J connectivity index is 1.23. The zero-order valence-electron chi connectivity index (χ0n) is 17.4. The zero-order chi connectivity index (χ0) is 21.9. The normalized spacial score (nSPS) is 15.7. The van der Waals surface area contributed by atoms with Gasteiger partial charge in [0.25, 0.3) is 5.91 Å². The smallest absolute Gasteiger partial charge is 0.253 e. The number of hydrogen-bond acceptors (Lipinski definition) is 6. The van der Waals surface area contributed by atoms with E-state index < -0.39 is 0 Å². The lowest BCUT2D eigenvalue weighted by atomic mass is 10.1. The van der Waals surface area contributed by atoms with Gasteiger partial charge in [-0.3, -0.25) is 9.36 Å². The quantitative estimate of drug-likeness (QED) is 0.453. The summed E-state index contributed by atoms with van der Waals surface area (Å²) in [6, 6.07) is 17.7. The number of amides is 1.